The largest absolute Gasteiger partial charge is 0.302 e. The lowest BCUT2D eigenvalue weighted by molar-refractivity contribution is -0.115. The molecule has 7 heteroatoms. The van der Waals surface area contributed by atoms with Crippen LogP contribution < -0.4 is 5.32 Å². The molecule has 0 aliphatic heterocycles. The number of thioether (sulfide) groups is 1. The molecule has 0 aliphatic carbocycles. The van der Waals surface area contributed by atoms with Crippen LogP contribution in [0.5, 0.6) is 0 Å². The van der Waals surface area contributed by atoms with Crippen LogP contribution in [0.4, 0.5) is 5.13 Å². The molecule has 0 radical (unpaired) electrons. The first-order valence-electron chi connectivity index (χ1n) is 11.4. The average molecular weight is 507 g/mol. The van der Waals surface area contributed by atoms with Gasteiger partial charge in [-0.1, -0.05) is 66.2 Å². The number of nitriles is 1. The second-order valence-electron chi connectivity index (χ2n) is 8.27. The van der Waals surface area contributed by atoms with Crippen molar-refractivity contribution in [3.8, 4) is 28.6 Å². The summed E-state index contributed by atoms with van der Waals surface area (Å²) in [5.41, 5.74) is 5.35. The maximum absolute atomic E-state index is 12.6. The molecular formula is C29H22N4OS2. The van der Waals surface area contributed by atoms with Gasteiger partial charge in [-0.3, -0.25) is 4.79 Å². The van der Waals surface area contributed by atoms with E-state index < -0.39 is 0 Å². The predicted molar refractivity (Wildman–Crippen MR) is 148 cm³/mol. The molecule has 2 aromatic heterocycles. The summed E-state index contributed by atoms with van der Waals surface area (Å²) in [7, 11) is 0. The minimum atomic E-state index is -0.116. The Bertz CT molecular complexity index is 1590. The highest BCUT2D eigenvalue weighted by Crippen LogP contribution is 2.29. The average Bonchev–Trinajstić information content (AvgIpc) is 3.37. The molecule has 5 aromatic rings. The third-order valence-corrected chi connectivity index (χ3v) is 7.44. The van der Waals surface area contributed by atoms with E-state index in [4.69, 9.17) is 0 Å². The minimum Gasteiger partial charge on any atom is -0.302 e. The van der Waals surface area contributed by atoms with Gasteiger partial charge in [-0.2, -0.15) is 5.26 Å². The highest BCUT2D eigenvalue weighted by molar-refractivity contribution is 7.99. The van der Waals surface area contributed by atoms with E-state index >= 15 is 0 Å². The number of rotatable bonds is 7. The number of aryl methyl sites for hydroxylation is 1. The lowest BCUT2D eigenvalue weighted by atomic mass is 10.1. The van der Waals surface area contributed by atoms with Crippen molar-refractivity contribution in [3.05, 3.63) is 95.4 Å². The number of anilines is 1. The number of carbonyl (C=O) groups excluding carboxylic acids is 1. The molecule has 0 atom stereocenters. The van der Waals surface area contributed by atoms with Crippen LogP contribution in [0.1, 0.15) is 17.5 Å². The van der Waals surface area contributed by atoms with Gasteiger partial charge in [-0.15, -0.1) is 23.1 Å². The van der Waals surface area contributed by atoms with Gasteiger partial charge >= 0.3 is 0 Å². The summed E-state index contributed by atoms with van der Waals surface area (Å²) in [6, 6.07) is 28.4. The number of benzene rings is 3. The van der Waals surface area contributed by atoms with E-state index in [0.717, 1.165) is 27.9 Å². The van der Waals surface area contributed by atoms with Crippen molar-refractivity contribution in [1.29, 1.82) is 5.26 Å². The number of fused-ring (bicyclic) bond motifs is 1. The van der Waals surface area contributed by atoms with Crippen LogP contribution in [-0.4, -0.2) is 21.6 Å². The summed E-state index contributed by atoms with van der Waals surface area (Å²) < 4.78 is 0. The summed E-state index contributed by atoms with van der Waals surface area (Å²) in [6.07, 6.45) is 0.289. The molecule has 0 aliphatic rings. The number of hydrogen-bond acceptors (Lipinski definition) is 6. The maximum Gasteiger partial charge on any atom is 0.226 e. The fourth-order valence-corrected chi connectivity index (χ4v) is 5.40. The number of hydrogen-bond donors (Lipinski definition) is 1. The van der Waals surface area contributed by atoms with Gasteiger partial charge < -0.3 is 5.32 Å². The molecular weight excluding hydrogens is 484 g/mol. The molecule has 0 unspecified atom stereocenters. The Kier molecular flexibility index (Phi) is 7.08. The first-order valence-corrected chi connectivity index (χ1v) is 13.3. The van der Waals surface area contributed by atoms with Crippen LogP contribution in [0.25, 0.3) is 33.3 Å². The lowest BCUT2D eigenvalue weighted by Crippen LogP contribution is -2.12. The van der Waals surface area contributed by atoms with Gasteiger partial charge in [0.15, 0.2) is 5.13 Å². The van der Waals surface area contributed by atoms with E-state index in [1.54, 1.807) is 6.07 Å². The highest BCUT2D eigenvalue weighted by Gasteiger charge is 2.12. The predicted octanol–water partition coefficient (Wildman–Crippen LogP) is 7.33. The van der Waals surface area contributed by atoms with Gasteiger partial charge in [0.25, 0.3) is 0 Å². The molecule has 1 amide bonds. The third kappa shape index (κ3) is 5.46. The number of thiazole rings is 1. The van der Waals surface area contributed by atoms with Crippen LogP contribution in [0.15, 0.2) is 89.3 Å². The summed E-state index contributed by atoms with van der Waals surface area (Å²) in [4.78, 5) is 21.8. The van der Waals surface area contributed by atoms with Crippen molar-refractivity contribution >= 4 is 44.9 Å². The molecule has 5 nitrogen and oxygen atoms in total. The number of aromatic nitrogens is 2. The van der Waals surface area contributed by atoms with Gasteiger partial charge in [0, 0.05) is 28.7 Å². The molecule has 0 saturated carbocycles. The zero-order valence-corrected chi connectivity index (χ0v) is 21.2. The van der Waals surface area contributed by atoms with Gasteiger partial charge in [0.2, 0.25) is 5.91 Å². The zero-order chi connectivity index (χ0) is 24.9. The van der Waals surface area contributed by atoms with Crippen LogP contribution in [0.2, 0.25) is 0 Å². The van der Waals surface area contributed by atoms with Crippen molar-refractivity contribution in [2.45, 2.75) is 18.4 Å². The fraction of sp³-hybridized carbons (Fsp3) is 0.103. The molecule has 0 spiro atoms. The standard InChI is InChI=1S/C29H22N4OS2/c1-19-6-8-21(9-7-19)25-13-12-24(17-30)28(31-25)35-15-14-27(34)33-29-32-26(18-36-29)23-11-10-20-4-2-3-5-22(20)16-23/h2-13,16,18H,14-15H2,1H3,(H,32,33,34). The van der Waals surface area contributed by atoms with E-state index in [0.29, 0.717) is 21.5 Å². The summed E-state index contributed by atoms with van der Waals surface area (Å²) in [6.45, 7) is 2.04. The van der Waals surface area contributed by atoms with Crippen LogP contribution in [0.3, 0.4) is 0 Å². The van der Waals surface area contributed by atoms with Gasteiger partial charge in [-0.25, -0.2) is 9.97 Å². The molecule has 2 heterocycles. The molecule has 5 rings (SSSR count). The van der Waals surface area contributed by atoms with Gasteiger partial charge in [-0.05, 0) is 35.9 Å². The number of pyridine rings is 1. The number of carbonyl (C=O) groups is 1. The normalized spacial score (nSPS) is 10.8. The zero-order valence-electron chi connectivity index (χ0n) is 19.6. The van der Waals surface area contributed by atoms with Crippen LogP contribution in [-0.2, 0) is 4.79 Å². The van der Waals surface area contributed by atoms with Crippen molar-refractivity contribution in [3.63, 3.8) is 0 Å². The van der Waals surface area contributed by atoms with Crippen molar-refractivity contribution < 1.29 is 4.79 Å². The maximum atomic E-state index is 12.6. The summed E-state index contributed by atoms with van der Waals surface area (Å²) >= 11 is 2.82. The Balaban J connectivity index is 1.20. The fourth-order valence-electron chi connectivity index (χ4n) is 3.76. The molecule has 0 bridgehead atoms. The lowest BCUT2D eigenvalue weighted by Gasteiger charge is -2.07. The Morgan fingerprint density at radius 1 is 0.944 bits per heavy atom. The Labute approximate surface area is 217 Å². The molecule has 1 N–H and O–H groups in total. The van der Waals surface area contributed by atoms with E-state index in [1.807, 2.05) is 60.8 Å². The molecule has 176 valence electrons. The number of nitrogens with one attached hydrogen (secondary N) is 1. The van der Waals surface area contributed by atoms with Crippen molar-refractivity contribution in [1.82, 2.24) is 9.97 Å². The molecule has 36 heavy (non-hydrogen) atoms. The monoisotopic (exact) mass is 506 g/mol. The molecule has 3 aromatic carbocycles. The van der Waals surface area contributed by atoms with Crippen molar-refractivity contribution in [2.24, 2.45) is 0 Å². The number of nitrogens with zero attached hydrogens (tertiary/aromatic N) is 3. The first-order chi connectivity index (χ1) is 17.6. The van der Waals surface area contributed by atoms with Crippen LogP contribution in [0, 0.1) is 18.3 Å². The van der Waals surface area contributed by atoms with Crippen molar-refractivity contribution in [2.75, 3.05) is 11.1 Å². The first kappa shape index (κ1) is 23.7. The Hall–Kier alpha value is -3.99. The van der Waals surface area contributed by atoms with Gasteiger partial charge in [0.1, 0.15) is 11.1 Å². The topological polar surface area (TPSA) is 78.7 Å². The SMILES string of the molecule is Cc1ccc(-c2ccc(C#N)c(SCCC(=O)Nc3nc(-c4ccc5ccccc5c4)cs3)n2)cc1. The highest BCUT2D eigenvalue weighted by atomic mass is 32.2. The van der Waals surface area contributed by atoms with E-state index in [-0.39, 0.29) is 12.3 Å². The summed E-state index contributed by atoms with van der Waals surface area (Å²) in [5, 5.41) is 17.9. The van der Waals surface area contributed by atoms with E-state index in [1.165, 1.54) is 34.0 Å². The molecule has 0 fully saturated rings. The van der Waals surface area contributed by atoms with Crippen LogP contribution >= 0.6 is 23.1 Å². The number of amides is 1. The Morgan fingerprint density at radius 2 is 1.72 bits per heavy atom. The summed E-state index contributed by atoms with van der Waals surface area (Å²) in [5.74, 6) is 0.392. The second kappa shape index (κ2) is 10.7. The van der Waals surface area contributed by atoms with E-state index in [9.17, 15) is 10.1 Å². The quantitative estimate of drug-likeness (QED) is 0.234. The Morgan fingerprint density at radius 3 is 2.53 bits per heavy atom. The molecule has 0 saturated heterocycles. The van der Waals surface area contributed by atoms with E-state index in [2.05, 4.69) is 45.6 Å². The third-order valence-electron chi connectivity index (χ3n) is 5.69. The minimum absolute atomic E-state index is 0.116. The second-order valence-corrected chi connectivity index (χ2v) is 10.2. The smallest absolute Gasteiger partial charge is 0.226 e. The van der Waals surface area contributed by atoms with Gasteiger partial charge in [0.05, 0.1) is 17.0 Å².